The summed E-state index contributed by atoms with van der Waals surface area (Å²) in [5, 5.41) is 0.853. The Bertz CT molecular complexity index is 337. The van der Waals surface area contributed by atoms with Crippen molar-refractivity contribution >= 4 is 11.6 Å². The van der Waals surface area contributed by atoms with E-state index in [-0.39, 0.29) is 0 Å². The number of hydrogen-bond acceptors (Lipinski definition) is 1. The lowest BCUT2D eigenvalue weighted by atomic mass is 9.87. The van der Waals surface area contributed by atoms with E-state index in [2.05, 4.69) is 12.1 Å². The van der Waals surface area contributed by atoms with E-state index in [9.17, 15) is 0 Å². The molecule has 2 N–H and O–H groups in total. The maximum atomic E-state index is 6.01. The Labute approximate surface area is 103 Å². The third-order valence-corrected chi connectivity index (χ3v) is 3.98. The van der Waals surface area contributed by atoms with Gasteiger partial charge in [-0.25, -0.2) is 0 Å². The normalized spacial score (nSPS) is 24.9. The van der Waals surface area contributed by atoms with Gasteiger partial charge in [-0.05, 0) is 55.3 Å². The second-order valence-electron chi connectivity index (χ2n) is 4.86. The van der Waals surface area contributed by atoms with Crippen LogP contribution in [0.1, 0.15) is 31.2 Å². The molecule has 1 aliphatic rings. The maximum absolute atomic E-state index is 6.01. The van der Waals surface area contributed by atoms with Gasteiger partial charge in [0.1, 0.15) is 0 Å². The first-order valence-electron chi connectivity index (χ1n) is 6.24. The lowest BCUT2D eigenvalue weighted by Gasteiger charge is -2.18. The van der Waals surface area contributed by atoms with E-state index in [1.165, 1.54) is 37.7 Å². The highest BCUT2D eigenvalue weighted by atomic mass is 35.5. The number of hydrogen-bond donors (Lipinski definition) is 1. The van der Waals surface area contributed by atoms with Crippen LogP contribution in [-0.2, 0) is 6.42 Å². The third-order valence-electron chi connectivity index (χ3n) is 3.74. The van der Waals surface area contributed by atoms with Crippen LogP contribution in [0.2, 0.25) is 5.02 Å². The molecule has 2 heteroatoms. The maximum Gasteiger partial charge on any atom is 0.0408 e. The van der Waals surface area contributed by atoms with Crippen LogP contribution in [0.5, 0.6) is 0 Å². The smallest absolute Gasteiger partial charge is 0.0408 e. The molecule has 1 aliphatic carbocycles. The summed E-state index contributed by atoms with van der Waals surface area (Å²) in [4.78, 5) is 0. The van der Waals surface area contributed by atoms with Crippen LogP contribution in [0.25, 0.3) is 0 Å². The fraction of sp³-hybridized carbons (Fsp3) is 0.571. The predicted molar refractivity (Wildman–Crippen MR) is 69.7 cm³/mol. The quantitative estimate of drug-likeness (QED) is 0.850. The van der Waals surface area contributed by atoms with E-state index in [0.29, 0.717) is 0 Å². The Morgan fingerprint density at radius 2 is 2.06 bits per heavy atom. The molecular weight excluding hydrogens is 218 g/mol. The van der Waals surface area contributed by atoms with E-state index in [0.717, 1.165) is 23.4 Å². The topological polar surface area (TPSA) is 26.0 Å². The van der Waals surface area contributed by atoms with E-state index in [4.69, 9.17) is 17.3 Å². The Morgan fingerprint density at radius 3 is 2.81 bits per heavy atom. The summed E-state index contributed by atoms with van der Waals surface area (Å²) in [6.07, 6.45) is 6.45. The molecule has 0 aliphatic heterocycles. The SMILES string of the molecule is NCCC1CCCC1Cc1cccc(Cl)c1. The fourth-order valence-electron chi connectivity index (χ4n) is 2.94. The van der Waals surface area contributed by atoms with Crippen LogP contribution in [0.4, 0.5) is 0 Å². The van der Waals surface area contributed by atoms with E-state index in [1.54, 1.807) is 0 Å². The van der Waals surface area contributed by atoms with Crippen LogP contribution in [0, 0.1) is 11.8 Å². The number of halogens is 1. The zero-order valence-electron chi connectivity index (χ0n) is 9.66. The van der Waals surface area contributed by atoms with Crippen molar-refractivity contribution in [3.63, 3.8) is 0 Å². The molecule has 1 fully saturated rings. The Hall–Kier alpha value is -0.530. The molecular formula is C14H20ClN. The van der Waals surface area contributed by atoms with Gasteiger partial charge in [-0.2, -0.15) is 0 Å². The van der Waals surface area contributed by atoms with Crippen molar-refractivity contribution in [3.8, 4) is 0 Å². The van der Waals surface area contributed by atoms with Crippen molar-refractivity contribution < 1.29 is 0 Å². The van der Waals surface area contributed by atoms with Gasteiger partial charge in [-0.1, -0.05) is 36.6 Å². The van der Waals surface area contributed by atoms with Gasteiger partial charge in [0.25, 0.3) is 0 Å². The van der Waals surface area contributed by atoms with Gasteiger partial charge in [0.05, 0.1) is 0 Å². The highest BCUT2D eigenvalue weighted by Crippen LogP contribution is 2.36. The summed E-state index contributed by atoms with van der Waals surface area (Å²) >= 11 is 6.01. The minimum atomic E-state index is 0.821. The molecule has 0 spiro atoms. The highest BCUT2D eigenvalue weighted by Gasteiger charge is 2.26. The molecule has 0 amide bonds. The molecule has 0 aromatic heterocycles. The second kappa shape index (κ2) is 5.70. The van der Waals surface area contributed by atoms with Crippen molar-refractivity contribution in [3.05, 3.63) is 34.9 Å². The first-order valence-corrected chi connectivity index (χ1v) is 6.62. The molecule has 1 nitrogen and oxygen atoms in total. The van der Waals surface area contributed by atoms with Crippen LogP contribution < -0.4 is 5.73 Å². The molecule has 0 heterocycles. The average molecular weight is 238 g/mol. The van der Waals surface area contributed by atoms with Crippen LogP contribution in [0.3, 0.4) is 0 Å². The fourth-order valence-corrected chi connectivity index (χ4v) is 3.16. The molecule has 1 aromatic carbocycles. The molecule has 2 rings (SSSR count). The first kappa shape index (κ1) is 11.9. The van der Waals surface area contributed by atoms with Crippen molar-refractivity contribution in [2.45, 2.75) is 32.1 Å². The molecule has 0 saturated heterocycles. The molecule has 1 saturated carbocycles. The summed E-state index contributed by atoms with van der Waals surface area (Å²) in [6, 6.07) is 8.27. The van der Waals surface area contributed by atoms with E-state index >= 15 is 0 Å². The molecule has 2 atom stereocenters. The minimum absolute atomic E-state index is 0.821. The van der Waals surface area contributed by atoms with Crippen molar-refractivity contribution in [1.82, 2.24) is 0 Å². The summed E-state index contributed by atoms with van der Waals surface area (Å²) < 4.78 is 0. The highest BCUT2D eigenvalue weighted by molar-refractivity contribution is 6.30. The molecule has 88 valence electrons. The van der Waals surface area contributed by atoms with Crippen LogP contribution in [-0.4, -0.2) is 6.54 Å². The number of rotatable bonds is 4. The van der Waals surface area contributed by atoms with Crippen molar-refractivity contribution in [2.24, 2.45) is 17.6 Å². The first-order chi connectivity index (χ1) is 7.79. The van der Waals surface area contributed by atoms with Gasteiger partial charge in [-0.15, -0.1) is 0 Å². The third kappa shape index (κ3) is 2.99. The average Bonchev–Trinajstić information content (AvgIpc) is 2.66. The van der Waals surface area contributed by atoms with Gasteiger partial charge in [0.15, 0.2) is 0 Å². The van der Waals surface area contributed by atoms with Crippen LogP contribution in [0.15, 0.2) is 24.3 Å². The molecule has 1 aromatic rings. The van der Waals surface area contributed by atoms with Crippen molar-refractivity contribution in [2.75, 3.05) is 6.54 Å². The number of nitrogens with two attached hydrogens (primary N) is 1. The van der Waals surface area contributed by atoms with Gasteiger partial charge < -0.3 is 5.73 Å². The van der Waals surface area contributed by atoms with Gasteiger partial charge in [0, 0.05) is 5.02 Å². The monoisotopic (exact) mass is 237 g/mol. The molecule has 16 heavy (non-hydrogen) atoms. The van der Waals surface area contributed by atoms with Gasteiger partial charge in [-0.3, -0.25) is 0 Å². The predicted octanol–water partition coefficient (Wildman–Crippen LogP) is 3.65. The zero-order valence-corrected chi connectivity index (χ0v) is 10.4. The lowest BCUT2D eigenvalue weighted by Crippen LogP contribution is -2.15. The largest absolute Gasteiger partial charge is 0.330 e. The minimum Gasteiger partial charge on any atom is -0.330 e. The Kier molecular flexibility index (Phi) is 4.25. The van der Waals surface area contributed by atoms with Crippen molar-refractivity contribution in [1.29, 1.82) is 0 Å². The summed E-state index contributed by atoms with van der Waals surface area (Å²) in [6.45, 7) is 0.830. The zero-order chi connectivity index (χ0) is 11.4. The summed E-state index contributed by atoms with van der Waals surface area (Å²) in [7, 11) is 0. The Balaban J connectivity index is 1.98. The summed E-state index contributed by atoms with van der Waals surface area (Å²) in [5.74, 6) is 1.66. The summed E-state index contributed by atoms with van der Waals surface area (Å²) in [5.41, 5.74) is 7.04. The number of benzene rings is 1. The lowest BCUT2D eigenvalue weighted by molar-refractivity contribution is 0.367. The van der Waals surface area contributed by atoms with Gasteiger partial charge >= 0.3 is 0 Å². The molecule has 0 radical (unpaired) electrons. The second-order valence-corrected chi connectivity index (χ2v) is 5.30. The molecule has 2 unspecified atom stereocenters. The van der Waals surface area contributed by atoms with Gasteiger partial charge in [0.2, 0.25) is 0 Å². The van der Waals surface area contributed by atoms with Crippen LogP contribution >= 0.6 is 11.6 Å². The van der Waals surface area contributed by atoms with E-state index < -0.39 is 0 Å². The standard InChI is InChI=1S/C14H20ClN/c15-14-6-1-3-11(10-14)9-13-5-2-4-12(13)7-8-16/h1,3,6,10,12-13H,2,4-5,7-9,16H2. The van der Waals surface area contributed by atoms with E-state index in [1.807, 2.05) is 12.1 Å². The molecule has 0 bridgehead atoms. The Morgan fingerprint density at radius 1 is 1.25 bits per heavy atom.